The van der Waals surface area contributed by atoms with Crippen molar-refractivity contribution in [2.45, 2.75) is 19.4 Å². The van der Waals surface area contributed by atoms with Crippen LogP contribution in [0.3, 0.4) is 0 Å². The van der Waals surface area contributed by atoms with Gasteiger partial charge >= 0.3 is 6.03 Å². The van der Waals surface area contributed by atoms with Crippen LogP contribution in [0.15, 0.2) is 53.7 Å². The largest absolute Gasteiger partial charge is 0.495 e. The molecule has 0 spiro atoms. The molecule has 0 aliphatic carbocycles. The Hall–Kier alpha value is -3.43. The molecule has 0 aromatic heterocycles. The standard InChI is InChI=1S/C28H31Cl2N5O4/c1-3-35-22-17-34(27(37)25(22)26(31-28(35)38)19-9-8-18(29)16-20(19)30)11-10-24(36)33-14-12-32(13-15-33)21-6-4-5-7-23(21)39-2/h4-9,16,26H,3,10-15,17H2,1-2H3,(H,31,38)/t26-/m1/s1. The van der Waals surface area contributed by atoms with Crippen molar-refractivity contribution in [3.8, 4) is 5.75 Å². The van der Waals surface area contributed by atoms with Crippen LogP contribution < -0.4 is 15.0 Å². The van der Waals surface area contributed by atoms with Gasteiger partial charge in [-0.1, -0.05) is 41.4 Å². The quantitative estimate of drug-likeness (QED) is 0.544. The van der Waals surface area contributed by atoms with E-state index in [2.05, 4.69) is 10.2 Å². The average Bonchev–Trinajstić information content (AvgIpc) is 3.27. The number of nitrogens with one attached hydrogen (secondary N) is 1. The molecule has 2 aromatic carbocycles. The number of anilines is 1. The van der Waals surface area contributed by atoms with Crippen LogP contribution in [0.25, 0.3) is 0 Å². The van der Waals surface area contributed by atoms with Crippen molar-refractivity contribution in [3.05, 3.63) is 69.3 Å². The second-order valence-corrected chi connectivity index (χ2v) is 10.5. The summed E-state index contributed by atoms with van der Waals surface area (Å²) in [5.41, 5.74) is 2.76. The molecule has 4 amide bonds. The van der Waals surface area contributed by atoms with Crippen molar-refractivity contribution >= 4 is 46.7 Å². The fourth-order valence-electron chi connectivity index (χ4n) is 5.51. The summed E-state index contributed by atoms with van der Waals surface area (Å²) in [6.07, 6.45) is 0.209. The van der Waals surface area contributed by atoms with E-state index in [9.17, 15) is 14.4 Å². The number of methoxy groups -OCH3 is 1. The Bertz CT molecular complexity index is 1320. The molecular weight excluding hydrogens is 541 g/mol. The summed E-state index contributed by atoms with van der Waals surface area (Å²) in [6.45, 7) is 5.41. The van der Waals surface area contributed by atoms with Gasteiger partial charge in [0.15, 0.2) is 0 Å². The molecule has 0 saturated carbocycles. The first kappa shape index (κ1) is 27.1. The maximum Gasteiger partial charge on any atom is 0.322 e. The molecule has 3 aliphatic rings. The third kappa shape index (κ3) is 5.25. The lowest BCUT2D eigenvalue weighted by Gasteiger charge is -2.36. The van der Waals surface area contributed by atoms with E-state index in [1.54, 1.807) is 35.1 Å². The number of amides is 4. The molecule has 9 nitrogen and oxygen atoms in total. The van der Waals surface area contributed by atoms with E-state index in [0.29, 0.717) is 59.6 Å². The zero-order chi connectivity index (χ0) is 27.7. The second-order valence-electron chi connectivity index (χ2n) is 9.67. The lowest BCUT2D eigenvalue weighted by Crippen LogP contribution is -2.49. The zero-order valence-electron chi connectivity index (χ0n) is 22.0. The number of carbonyl (C=O) groups excluding carboxylic acids is 3. The number of nitrogens with zero attached hydrogens (tertiary/aromatic N) is 4. The van der Waals surface area contributed by atoms with E-state index in [4.69, 9.17) is 27.9 Å². The van der Waals surface area contributed by atoms with E-state index in [0.717, 1.165) is 11.4 Å². The summed E-state index contributed by atoms with van der Waals surface area (Å²) < 4.78 is 5.48. The number of urea groups is 1. The Labute approximate surface area is 237 Å². The Balaban J connectivity index is 1.24. The number of para-hydroxylation sites is 2. The third-order valence-electron chi connectivity index (χ3n) is 7.54. The van der Waals surface area contributed by atoms with Crippen molar-refractivity contribution in [1.82, 2.24) is 20.0 Å². The van der Waals surface area contributed by atoms with Crippen LogP contribution in [0.2, 0.25) is 10.0 Å². The zero-order valence-corrected chi connectivity index (χ0v) is 23.5. The predicted octanol–water partition coefficient (Wildman–Crippen LogP) is 3.92. The topological polar surface area (TPSA) is 85.4 Å². The van der Waals surface area contributed by atoms with E-state index in [1.165, 1.54) is 0 Å². The molecule has 3 heterocycles. The number of ether oxygens (including phenoxy) is 1. The first-order valence-electron chi connectivity index (χ1n) is 13.0. The predicted molar refractivity (Wildman–Crippen MR) is 150 cm³/mol. The van der Waals surface area contributed by atoms with Crippen LogP contribution in [0.4, 0.5) is 10.5 Å². The minimum absolute atomic E-state index is 0.00573. The van der Waals surface area contributed by atoms with Crippen LogP contribution >= 0.6 is 23.2 Å². The number of halogens is 2. The van der Waals surface area contributed by atoms with Gasteiger partial charge in [-0.05, 0) is 36.8 Å². The number of benzene rings is 2. The molecule has 1 fully saturated rings. The molecule has 1 N–H and O–H groups in total. The number of carbonyl (C=O) groups is 3. The van der Waals surface area contributed by atoms with Crippen molar-refractivity contribution in [3.63, 3.8) is 0 Å². The Morgan fingerprint density at radius 1 is 1.08 bits per heavy atom. The molecule has 0 radical (unpaired) electrons. The second kappa shape index (κ2) is 11.4. The van der Waals surface area contributed by atoms with Crippen LogP contribution in [0.1, 0.15) is 24.9 Å². The first-order chi connectivity index (χ1) is 18.8. The minimum Gasteiger partial charge on any atom is -0.495 e. The number of hydrogen-bond acceptors (Lipinski definition) is 5. The highest BCUT2D eigenvalue weighted by atomic mass is 35.5. The molecule has 0 unspecified atom stereocenters. The van der Waals surface area contributed by atoms with Crippen LogP contribution in [0.5, 0.6) is 5.75 Å². The highest BCUT2D eigenvalue weighted by molar-refractivity contribution is 6.35. The third-order valence-corrected chi connectivity index (χ3v) is 8.10. The van der Waals surface area contributed by atoms with E-state index in [1.807, 2.05) is 36.1 Å². The summed E-state index contributed by atoms with van der Waals surface area (Å²) in [5, 5.41) is 3.77. The highest BCUT2D eigenvalue weighted by Gasteiger charge is 2.44. The summed E-state index contributed by atoms with van der Waals surface area (Å²) in [5.74, 6) is 0.619. The molecule has 0 bridgehead atoms. The molecule has 5 rings (SSSR count). The molecule has 1 saturated heterocycles. The Kier molecular flexibility index (Phi) is 7.91. The van der Waals surface area contributed by atoms with Gasteiger partial charge in [0.05, 0.1) is 36.7 Å². The number of hydrogen-bond donors (Lipinski definition) is 1. The summed E-state index contributed by atoms with van der Waals surface area (Å²) in [6, 6.07) is 11.9. The van der Waals surface area contributed by atoms with Gasteiger partial charge in [0.25, 0.3) is 5.91 Å². The summed E-state index contributed by atoms with van der Waals surface area (Å²) in [4.78, 5) is 46.9. The van der Waals surface area contributed by atoms with Gasteiger partial charge in [-0.25, -0.2) is 4.79 Å². The molecule has 3 aliphatic heterocycles. The van der Waals surface area contributed by atoms with Crippen molar-refractivity contribution < 1.29 is 19.1 Å². The molecule has 11 heteroatoms. The van der Waals surface area contributed by atoms with Gasteiger partial charge in [0.1, 0.15) is 5.75 Å². The summed E-state index contributed by atoms with van der Waals surface area (Å²) in [7, 11) is 1.66. The van der Waals surface area contributed by atoms with E-state index < -0.39 is 6.04 Å². The van der Waals surface area contributed by atoms with E-state index in [-0.39, 0.29) is 37.4 Å². The van der Waals surface area contributed by atoms with Gasteiger partial charge < -0.3 is 24.8 Å². The van der Waals surface area contributed by atoms with Gasteiger partial charge in [-0.15, -0.1) is 0 Å². The van der Waals surface area contributed by atoms with Crippen LogP contribution in [0, 0.1) is 0 Å². The normalized spacial score (nSPS) is 19.4. The molecular formula is C28H31Cl2N5O4. The van der Waals surface area contributed by atoms with E-state index >= 15 is 0 Å². The molecule has 206 valence electrons. The maximum atomic E-state index is 13.6. The molecule has 39 heavy (non-hydrogen) atoms. The Morgan fingerprint density at radius 3 is 2.51 bits per heavy atom. The number of piperazine rings is 1. The summed E-state index contributed by atoms with van der Waals surface area (Å²) >= 11 is 12.5. The lowest BCUT2D eigenvalue weighted by atomic mass is 9.95. The van der Waals surface area contributed by atoms with Crippen molar-refractivity contribution in [2.24, 2.45) is 0 Å². The van der Waals surface area contributed by atoms with Crippen LogP contribution in [-0.2, 0) is 9.59 Å². The SMILES string of the molecule is CCN1C(=O)N[C@H](c2ccc(Cl)cc2Cl)C2=C1CN(CCC(=O)N1CCN(c3ccccc3OC)CC1)C2=O. The Morgan fingerprint density at radius 2 is 1.82 bits per heavy atom. The molecule has 1 atom stereocenters. The highest BCUT2D eigenvalue weighted by Crippen LogP contribution is 2.39. The smallest absolute Gasteiger partial charge is 0.322 e. The van der Waals surface area contributed by atoms with Gasteiger partial charge in [0, 0.05) is 55.7 Å². The van der Waals surface area contributed by atoms with Crippen LogP contribution in [-0.4, -0.2) is 85.5 Å². The number of likely N-dealkylation sites (N-methyl/N-ethyl adjacent to an activating group) is 1. The minimum atomic E-state index is -0.684. The van der Waals surface area contributed by atoms with Crippen molar-refractivity contribution in [1.29, 1.82) is 0 Å². The maximum absolute atomic E-state index is 13.6. The van der Waals surface area contributed by atoms with Gasteiger partial charge in [-0.2, -0.15) is 0 Å². The fraction of sp³-hybridized carbons (Fsp3) is 0.393. The monoisotopic (exact) mass is 571 g/mol. The lowest BCUT2D eigenvalue weighted by molar-refractivity contribution is -0.132. The van der Waals surface area contributed by atoms with Crippen molar-refractivity contribution in [2.75, 3.05) is 57.8 Å². The fourth-order valence-corrected chi connectivity index (χ4v) is 6.03. The van der Waals surface area contributed by atoms with Gasteiger partial charge in [0.2, 0.25) is 5.91 Å². The number of rotatable bonds is 7. The van der Waals surface area contributed by atoms with Gasteiger partial charge in [-0.3, -0.25) is 14.5 Å². The molecule has 2 aromatic rings. The first-order valence-corrected chi connectivity index (χ1v) is 13.8. The average molecular weight is 572 g/mol.